The first-order valence-electron chi connectivity index (χ1n) is 2.77. The Morgan fingerprint density at radius 3 is 1.67 bits per heavy atom. The summed E-state index contributed by atoms with van der Waals surface area (Å²) in [7, 11) is 1.56. The van der Waals surface area contributed by atoms with E-state index in [0.717, 1.165) is 0 Å². The molecular weight excluding hydrogens is 121 g/mol. The molecule has 0 spiro atoms. The van der Waals surface area contributed by atoms with Crippen LogP contribution in [0.5, 0.6) is 0 Å². The van der Waals surface area contributed by atoms with Crippen molar-refractivity contribution in [3.05, 3.63) is 0 Å². The SMILES string of the molecule is CNC(C)(N)C(C)(N)F. The fourth-order valence-electron chi connectivity index (χ4n) is 0.244. The zero-order valence-corrected chi connectivity index (χ0v) is 6.03. The van der Waals surface area contributed by atoms with Crippen molar-refractivity contribution in [2.24, 2.45) is 11.5 Å². The van der Waals surface area contributed by atoms with Crippen molar-refractivity contribution in [1.82, 2.24) is 5.32 Å². The van der Waals surface area contributed by atoms with Crippen LogP contribution in [0, 0.1) is 0 Å². The maximum atomic E-state index is 12.8. The molecule has 56 valence electrons. The van der Waals surface area contributed by atoms with Crippen LogP contribution >= 0.6 is 0 Å². The fourth-order valence-corrected chi connectivity index (χ4v) is 0.244. The van der Waals surface area contributed by atoms with Gasteiger partial charge in [0.2, 0.25) is 0 Å². The third-order valence-electron chi connectivity index (χ3n) is 1.53. The van der Waals surface area contributed by atoms with Crippen LogP contribution in [0.3, 0.4) is 0 Å². The lowest BCUT2D eigenvalue weighted by molar-refractivity contribution is 0.0735. The number of nitrogens with one attached hydrogen (secondary N) is 1. The number of likely N-dealkylation sites (N-methyl/N-ethyl adjacent to an activating group) is 1. The Bertz CT molecular complexity index is 94.9. The third kappa shape index (κ3) is 1.89. The highest BCUT2D eigenvalue weighted by Gasteiger charge is 2.36. The molecule has 0 amide bonds. The highest BCUT2D eigenvalue weighted by atomic mass is 19.1. The molecule has 0 aromatic carbocycles. The van der Waals surface area contributed by atoms with Crippen LogP contribution in [0.15, 0.2) is 0 Å². The first-order valence-corrected chi connectivity index (χ1v) is 2.77. The second-order valence-corrected chi connectivity index (χ2v) is 2.53. The molecule has 0 saturated heterocycles. The molecule has 2 unspecified atom stereocenters. The second-order valence-electron chi connectivity index (χ2n) is 2.53. The van der Waals surface area contributed by atoms with Crippen LogP contribution < -0.4 is 16.8 Å². The molecule has 0 rings (SSSR count). The van der Waals surface area contributed by atoms with Gasteiger partial charge in [-0.2, -0.15) is 0 Å². The number of nitrogens with two attached hydrogens (primary N) is 2. The molecule has 0 aliphatic heterocycles. The molecule has 0 heterocycles. The van der Waals surface area contributed by atoms with E-state index in [-0.39, 0.29) is 0 Å². The molecule has 0 radical (unpaired) electrons. The van der Waals surface area contributed by atoms with Crippen LogP contribution in [-0.2, 0) is 0 Å². The molecule has 0 aromatic rings. The van der Waals surface area contributed by atoms with Crippen molar-refractivity contribution in [3.63, 3.8) is 0 Å². The molecule has 3 nitrogen and oxygen atoms in total. The summed E-state index contributed by atoms with van der Waals surface area (Å²) in [5, 5.41) is 2.56. The Hall–Kier alpha value is -0.190. The highest BCUT2D eigenvalue weighted by molar-refractivity contribution is 4.89. The summed E-state index contributed by atoms with van der Waals surface area (Å²) >= 11 is 0. The standard InChI is InChI=1S/C5H14FN3/c1-4(6,7)5(2,8)9-3/h9H,7-8H2,1-3H3. The Morgan fingerprint density at radius 1 is 1.33 bits per heavy atom. The molecule has 4 heteroatoms. The van der Waals surface area contributed by atoms with Crippen molar-refractivity contribution in [2.45, 2.75) is 25.3 Å². The van der Waals surface area contributed by atoms with E-state index in [2.05, 4.69) is 5.32 Å². The molecule has 0 aliphatic rings. The lowest BCUT2D eigenvalue weighted by atomic mass is 10.0. The van der Waals surface area contributed by atoms with E-state index in [1.54, 1.807) is 7.05 Å². The average Bonchev–Trinajstić information content (AvgIpc) is 1.64. The van der Waals surface area contributed by atoms with Crippen LogP contribution in [-0.4, -0.2) is 18.5 Å². The zero-order valence-electron chi connectivity index (χ0n) is 6.03. The molecule has 0 aliphatic carbocycles. The van der Waals surface area contributed by atoms with E-state index in [0.29, 0.717) is 0 Å². The Labute approximate surface area is 54.6 Å². The predicted molar refractivity (Wildman–Crippen MR) is 35.4 cm³/mol. The summed E-state index contributed by atoms with van der Waals surface area (Å²) in [4.78, 5) is 0. The lowest BCUT2D eigenvalue weighted by Crippen LogP contribution is -2.66. The Balaban J connectivity index is 4.14. The summed E-state index contributed by atoms with van der Waals surface area (Å²) in [5.74, 6) is -1.89. The Morgan fingerprint density at radius 2 is 1.67 bits per heavy atom. The van der Waals surface area contributed by atoms with Gasteiger partial charge in [-0.25, -0.2) is 4.39 Å². The van der Waals surface area contributed by atoms with Crippen LogP contribution in [0.1, 0.15) is 13.8 Å². The van der Waals surface area contributed by atoms with Gasteiger partial charge in [0.25, 0.3) is 0 Å². The number of hydrogen-bond donors (Lipinski definition) is 3. The van der Waals surface area contributed by atoms with Gasteiger partial charge in [-0.3, -0.25) is 11.1 Å². The van der Waals surface area contributed by atoms with Gasteiger partial charge in [0.1, 0.15) is 5.66 Å². The van der Waals surface area contributed by atoms with Crippen LogP contribution in [0.4, 0.5) is 4.39 Å². The van der Waals surface area contributed by atoms with E-state index in [4.69, 9.17) is 11.5 Å². The van der Waals surface area contributed by atoms with Crippen molar-refractivity contribution in [2.75, 3.05) is 7.05 Å². The predicted octanol–water partition coefficient (Wildman–Crippen LogP) is -0.475. The van der Waals surface area contributed by atoms with Gasteiger partial charge >= 0.3 is 0 Å². The minimum atomic E-state index is -1.89. The second kappa shape index (κ2) is 2.21. The maximum absolute atomic E-state index is 12.8. The highest BCUT2D eigenvalue weighted by Crippen LogP contribution is 2.13. The van der Waals surface area contributed by atoms with Gasteiger partial charge in [-0.1, -0.05) is 0 Å². The first-order chi connectivity index (χ1) is 3.81. The molecule has 0 aromatic heterocycles. The minimum Gasteiger partial charge on any atom is -0.310 e. The summed E-state index contributed by atoms with van der Waals surface area (Å²) in [6, 6.07) is 0. The van der Waals surface area contributed by atoms with E-state index >= 15 is 0 Å². The first kappa shape index (κ1) is 8.81. The van der Waals surface area contributed by atoms with Crippen LogP contribution in [0.25, 0.3) is 0 Å². The number of halogens is 1. The summed E-state index contributed by atoms with van der Waals surface area (Å²) in [6.45, 7) is 2.72. The average molecular weight is 135 g/mol. The van der Waals surface area contributed by atoms with E-state index in [1.165, 1.54) is 13.8 Å². The van der Waals surface area contributed by atoms with Crippen LogP contribution in [0.2, 0.25) is 0 Å². The van der Waals surface area contributed by atoms with Crippen molar-refractivity contribution in [1.29, 1.82) is 0 Å². The molecule has 0 saturated carbocycles. The van der Waals surface area contributed by atoms with Crippen molar-refractivity contribution >= 4 is 0 Å². The maximum Gasteiger partial charge on any atom is 0.187 e. The number of rotatable bonds is 2. The van der Waals surface area contributed by atoms with Gasteiger partial charge in [0.15, 0.2) is 5.79 Å². The molecule has 2 atom stereocenters. The molecular formula is C5H14FN3. The third-order valence-corrected chi connectivity index (χ3v) is 1.53. The molecule has 0 bridgehead atoms. The van der Waals surface area contributed by atoms with Gasteiger partial charge < -0.3 is 5.73 Å². The molecule has 0 fully saturated rings. The van der Waals surface area contributed by atoms with Crippen molar-refractivity contribution < 1.29 is 4.39 Å². The summed E-state index contributed by atoms with van der Waals surface area (Å²) in [5.41, 5.74) is 9.29. The lowest BCUT2D eigenvalue weighted by Gasteiger charge is -2.33. The van der Waals surface area contributed by atoms with E-state index < -0.39 is 11.5 Å². The molecule has 9 heavy (non-hydrogen) atoms. The van der Waals surface area contributed by atoms with Gasteiger partial charge in [-0.15, -0.1) is 0 Å². The topological polar surface area (TPSA) is 64.1 Å². The van der Waals surface area contributed by atoms with Gasteiger partial charge in [0, 0.05) is 0 Å². The van der Waals surface area contributed by atoms with Gasteiger partial charge in [0.05, 0.1) is 0 Å². The number of hydrogen-bond acceptors (Lipinski definition) is 3. The quantitative estimate of drug-likeness (QED) is 0.354. The largest absolute Gasteiger partial charge is 0.310 e. The normalized spacial score (nSPS) is 24.7. The summed E-state index contributed by atoms with van der Waals surface area (Å²) in [6.07, 6.45) is 0. The Kier molecular flexibility index (Phi) is 2.16. The zero-order chi connectivity index (χ0) is 7.71. The minimum absolute atomic E-state index is 1.16. The monoisotopic (exact) mass is 135 g/mol. The van der Waals surface area contributed by atoms with Crippen molar-refractivity contribution in [3.8, 4) is 0 Å². The van der Waals surface area contributed by atoms with E-state index in [9.17, 15) is 4.39 Å². The van der Waals surface area contributed by atoms with Gasteiger partial charge in [-0.05, 0) is 20.9 Å². The van der Waals surface area contributed by atoms with E-state index in [1.807, 2.05) is 0 Å². The number of alkyl halides is 1. The smallest absolute Gasteiger partial charge is 0.187 e. The molecule has 5 N–H and O–H groups in total. The fraction of sp³-hybridized carbons (Fsp3) is 1.00. The summed E-state index contributed by atoms with van der Waals surface area (Å²) < 4.78 is 12.8.